The lowest BCUT2D eigenvalue weighted by Gasteiger charge is -2.01. The number of aryl methyl sites for hydroxylation is 2. The number of halogens is 1. The maximum Gasteiger partial charge on any atom is 0.354 e. The van der Waals surface area contributed by atoms with E-state index >= 15 is 0 Å². The molecule has 0 spiro atoms. The van der Waals surface area contributed by atoms with Crippen molar-refractivity contribution in [2.45, 2.75) is 19.8 Å². The average molecular weight is 334 g/mol. The second kappa shape index (κ2) is 6.55. The van der Waals surface area contributed by atoms with Gasteiger partial charge < -0.3 is 9.72 Å². The number of ether oxygens (including phenoxy) is 1. The maximum atomic E-state index is 11.8. The molecule has 0 bridgehead atoms. The van der Waals surface area contributed by atoms with Crippen molar-refractivity contribution in [3.8, 4) is 0 Å². The second-order valence-corrected chi connectivity index (χ2v) is 6.35. The van der Waals surface area contributed by atoms with Gasteiger partial charge in [-0.15, -0.1) is 11.3 Å². The first-order valence-corrected chi connectivity index (χ1v) is 8.43. The minimum atomic E-state index is -0.297. The summed E-state index contributed by atoms with van der Waals surface area (Å²) in [4.78, 5) is 15.9. The topological polar surface area (TPSA) is 42.1 Å². The lowest BCUT2D eigenvalue weighted by Crippen LogP contribution is -2.04. The summed E-state index contributed by atoms with van der Waals surface area (Å²) in [7, 11) is 0. The molecule has 0 atom stereocenters. The molecule has 114 valence electrons. The molecule has 3 nitrogen and oxygen atoms in total. The van der Waals surface area contributed by atoms with Crippen LogP contribution in [0.5, 0.6) is 0 Å². The normalized spacial score (nSPS) is 11.0. The number of aromatic amines is 1. The number of hydrogen-bond donors (Lipinski definition) is 1. The predicted octanol–water partition coefficient (Wildman–Crippen LogP) is 4.84. The molecule has 0 amide bonds. The number of esters is 1. The Hall–Kier alpha value is -1.78. The van der Waals surface area contributed by atoms with Crippen molar-refractivity contribution < 1.29 is 9.53 Å². The molecule has 2 heterocycles. The molecule has 0 saturated heterocycles. The Kier molecular flexibility index (Phi) is 4.50. The molecular weight excluding hydrogens is 318 g/mol. The van der Waals surface area contributed by atoms with Gasteiger partial charge in [0.15, 0.2) is 0 Å². The van der Waals surface area contributed by atoms with Crippen molar-refractivity contribution in [2.24, 2.45) is 0 Å². The van der Waals surface area contributed by atoms with E-state index < -0.39 is 0 Å². The zero-order valence-electron chi connectivity index (χ0n) is 12.2. The summed E-state index contributed by atoms with van der Waals surface area (Å²) in [5.74, 6) is -0.297. The molecule has 0 aliphatic rings. The summed E-state index contributed by atoms with van der Waals surface area (Å²) in [5.41, 5.74) is 3.03. The minimum Gasteiger partial charge on any atom is -0.461 e. The molecule has 0 aliphatic carbocycles. The minimum absolute atomic E-state index is 0.297. The number of H-pyrrole nitrogens is 1. The van der Waals surface area contributed by atoms with Crippen LogP contribution in [0.25, 0.3) is 10.2 Å². The summed E-state index contributed by atoms with van der Waals surface area (Å²) in [5, 5.41) is 4.01. The van der Waals surface area contributed by atoms with Gasteiger partial charge in [0.2, 0.25) is 0 Å². The van der Waals surface area contributed by atoms with Gasteiger partial charge in [0, 0.05) is 10.4 Å². The third-order valence-corrected chi connectivity index (χ3v) is 4.75. The van der Waals surface area contributed by atoms with E-state index in [-0.39, 0.29) is 5.97 Å². The molecule has 1 aromatic carbocycles. The zero-order chi connectivity index (χ0) is 15.5. The van der Waals surface area contributed by atoms with Gasteiger partial charge in [-0.1, -0.05) is 23.7 Å². The molecule has 3 aromatic rings. The van der Waals surface area contributed by atoms with Gasteiger partial charge in [-0.3, -0.25) is 0 Å². The lowest BCUT2D eigenvalue weighted by molar-refractivity contribution is 0.0520. The Morgan fingerprint density at radius 2 is 2.05 bits per heavy atom. The molecule has 5 heteroatoms. The number of benzene rings is 1. The van der Waals surface area contributed by atoms with Crippen molar-refractivity contribution >= 4 is 39.1 Å². The highest BCUT2D eigenvalue weighted by Gasteiger charge is 2.14. The maximum absolute atomic E-state index is 11.8. The number of thiophene rings is 1. The third kappa shape index (κ3) is 3.18. The molecule has 0 radical (unpaired) electrons. The Morgan fingerprint density at radius 1 is 1.27 bits per heavy atom. The van der Waals surface area contributed by atoms with E-state index in [0.717, 1.165) is 28.1 Å². The van der Waals surface area contributed by atoms with Crippen LogP contribution >= 0.6 is 22.9 Å². The van der Waals surface area contributed by atoms with Crippen molar-refractivity contribution in [3.63, 3.8) is 0 Å². The van der Waals surface area contributed by atoms with E-state index in [1.54, 1.807) is 18.3 Å². The van der Waals surface area contributed by atoms with Crippen LogP contribution in [-0.2, 0) is 17.6 Å². The summed E-state index contributed by atoms with van der Waals surface area (Å²) >= 11 is 7.52. The quantitative estimate of drug-likeness (QED) is 0.678. The highest BCUT2D eigenvalue weighted by Crippen LogP contribution is 2.28. The largest absolute Gasteiger partial charge is 0.461 e. The SMILES string of the molecule is CCOC(=O)c1cc2c(CCc3ccc(Cl)cc3)csc2[nH]1. The number of hydrogen-bond acceptors (Lipinski definition) is 3. The molecular formula is C17H16ClNO2S. The van der Waals surface area contributed by atoms with Crippen LogP contribution in [0.2, 0.25) is 5.02 Å². The molecule has 1 N–H and O–H groups in total. The molecule has 0 unspecified atom stereocenters. The van der Waals surface area contributed by atoms with Crippen molar-refractivity contribution in [1.29, 1.82) is 0 Å². The summed E-state index contributed by atoms with van der Waals surface area (Å²) in [6.45, 7) is 2.19. The van der Waals surface area contributed by atoms with Gasteiger partial charge in [0.1, 0.15) is 10.5 Å². The lowest BCUT2D eigenvalue weighted by atomic mass is 10.1. The van der Waals surface area contributed by atoms with Crippen LogP contribution in [0.1, 0.15) is 28.5 Å². The van der Waals surface area contributed by atoms with Gasteiger partial charge in [0.25, 0.3) is 0 Å². The van der Waals surface area contributed by atoms with E-state index in [1.165, 1.54) is 11.1 Å². The molecule has 22 heavy (non-hydrogen) atoms. The zero-order valence-corrected chi connectivity index (χ0v) is 13.8. The molecule has 0 saturated carbocycles. The van der Waals surface area contributed by atoms with Crippen molar-refractivity contribution in [1.82, 2.24) is 4.98 Å². The van der Waals surface area contributed by atoms with Crippen molar-refractivity contribution in [2.75, 3.05) is 6.61 Å². The Balaban J connectivity index is 1.76. The second-order valence-electron chi connectivity index (χ2n) is 5.03. The van der Waals surface area contributed by atoms with Crippen LogP contribution in [-0.4, -0.2) is 17.6 Å². The van der Waals surface area contributed by atoms with Gasteiger partial charge in [-0.05, 0) is 54.5 Å². The third-order valence-electron chi connectivity index (χ3n) is 3.54. The molecule has 0 aliphatic heterocycles. The number of aromatic nitrogens is 1. The van der Waals surface area contributed by atoms with E-state index in [0.29, 0.717) is 12.3 Å². The van der Waals surface area contributed by atoms with Crippen LogP contribution in [0.3, 0.4) is 0 Å². The van der Waals surface area contributed by atoms with Gasteiger partial charge in [-0.25, -0.2) is 4.79 Å². The predicted molar refractivity (Wildman–Crippen MR) is 91.0 cm³/mol. The number of fused-ring (bicyclic) bond motifs is 1. The summed E-state index contributed by atoms with van der Waals surface area (Å²) in [6.07, 6.45) is 1.88. The highest BCUT2D eigenvalue weighted by molar-refractivity contribution is 7.17. The van der Waals surface area contributed by atoms with Gasteiger partial charge >= 0.3 is 5.97 Å². The summed E-state index contributed by atoms with van der Waals surface area (Å²) in [6, 6.07) is 9.81. The van der Waals surface area contributed by atoms with Crippen LogP contribution in [0, 0.1) is 0 Å². The number of carbonyl (C=O) groups excluding carboxylic acids is 1. The monoisotopic (exact) mass is 333 g/mol. The average Bonchev–Trinajstić information content (AvgIpc) is 3.08. The number of carbonyl (C=O) groups is 1. The van der Waals surface area contributed by atoms with Gasteiger partial charge in [-0.2, -0.15) is 0 Å². The first-order chi connectivity index (χ1) is 10.7. The molecule has 0 fully saturated rings. The van der Waals surface area contributed by atoms with Gasteiger partial charge in [0.05, 0.1) is 6.61 Å². The van der Waals surface area contributed by atoms with E-state index in [2.05, 4.69) is 10.4 Å². The van der Waals surface area contributed by atoms with Crippen LogP contribution < -0.4 is 0 Å². The fraction of sp³-hybridized carbons (Fsp3) is 0.235. The Bertz CT molecular complexity index is 789. The van der Waals surface area contributed by atoms with Crippen LogP contribution in [0.15, 0.2) is 35.7 Å². The van der Waals surface area contributed by atoms with E-state index in [4.69, 9.17) is 16.3 Å². The first kappa shape index (κ1) is 15.1. The number of rotatable bonds is 5. The summed E-state index contributed by atoms with van der Waals surface area (Å²) < 4.78 is 5.03. The molecule has 3 rings (SSSR count). The Morgan fingerprint density at radius 3 is 2.77 bits per heavy atom. The fourth-order valence-electron chi connectivity index (χ4n) is 2.40. The highest BCUT2D eigenvalue weighted by atomic mass is 35.5. The number of nitrogens with one attached hydrogen (secondary N) is 1. The van der Waals surface area contributed by atoms with Crippen LogP contribution in [0.4, 0.5) is 0 Å². The van der Waals surface area contributed by atoms with E-state index in [9.17, 15) is 4.79 Å². The Labute approximate surface area is 137 Å². The fourth-order valence-corrected chi connectivity index (χ4v) is 3.52. The molecule has 2 aromatic heterocycles. The smallest absolute Gasteiger partial charge is 0.354 e. The first-order valence-electron chi connectivity index (χ1n) is 7.18. The van der Waals surface area contributed by atoms with Crippen molar-refractivity contribution in [3.05, 3.63) is 57.6 Å². The standard InChI is InChI=1S/C17H16ClNO2S/c1-2-21-17(20)15-9-14-12(10-22-16(14)19-15)6-3-11-4-7-13(18)8-5-11/h4-5,7-10,19H,2-3,6H2,1H3. The van der Waals surface area contributed by atoms with E-state index in [1.807, 2.05) is 30.3 Å².